The van der Waals surface area contributed by atoms with E-state index in [4.69, 9.17) is 4.74 Å². The van der Waals surface area contributed by atoms with Gasteiger partial charge in [-0.15, -0.1) is 13.2 Å². The molecule has 0 unspecified atom stereocenters. The summed E-state index contributed by atoms with van der Waals surface area (Å²) in [4.78, 5) is 38.1. The lowest BCUT2D eigenvalue weighted by Gasteiger charge is -2.22. The maximum absolute atomic E-state index is 13.0. The largest absolute Gasteiger partial charge is 0.456 e. The summed E-state index contributed by atoms with van der Waals surface area (Å²) in [5.41, 5.74) is 1.76. The number of carbonyl (C=O) groups excluding carboxylic acids is 3. The van der Waals surface area contributed by atoms with Gasteiger partial charge in [-0.1, -0.05) is 72.8 Å². The smallest absolute Gasteiger partial charge is 0.306 e. The molecule has 0 heterocycles. The van der Waals surface area contributed by atoms with E-state index in [9.17, 15) is 19.5 Å². The van der Waals surface area contributed by atoms with Gasteiger partial charge in [0.15, 0.2) is 0 Å². The Kier molecular flexibility index (Phi) is 13.5. The first-order valence-corrected chi connectivity index (χ1v) is 12.6. The number of hydrogen-bond acceptors (Lipinski definition) is 5. The van der Waals surface area contributed by atoms with Crippen LogP contribution < -0.4 is 10.6 Å². The summed E-state index contributed by atoms with van der Waals surface area (Å²) in [5, 5.41) is 15.4. The fourth-order valence-electron chi connectivity index (χ4n) is 3.90. The monoisotopic (exact) mass is 506 g/mol. The summed E-state index contributed by atoms with van der Waals surface area (Å²) >= 11 is 0. The summed E-state index contributed by atoms with van der Waals surface area (Å²) in [6.45, 7) is 7.24. The summed E-state index contributed by atoms with van der Waals surface area (Å²) in [6, 6.07) is 18.3. The Bertz CT molecular complexity index is 994. The van der Waals surface area contributed by atoms with Crippen molar-refractivity contribution >= 4 is 17.8 Å². The fraction of sp³-hybridized carbons (Fsp3) is 0.367. The second-order valence-electron chi connectivity index (χ2n) is 8.88. The Morgan fingerprint density at radius 2 is 1.65 bits per heavy atom. The van der Waals surface area contributed by atoms with Crippen molar-refractivity contribution in [1.82, 2.24) is 10.6 Å². The number of allylic oxidation sites excluding steroid dienone is 2. The quantitative estimate of drug-likeness (QED) is 0.171. The highest BCUT2D eigenvalue weighted by Crippen LogP contribution is 2.19. The van der Waals surface area contributed by atoms with E-state index in [0.29, 0.717) is 19.3 Å². The topological polar surface area (TPSA) is 105 Å². The Hall–Kier alpha value is -3.71. The van der Waals surface area contributed by atoms with Crippen molar-refractivity contribution in [3.8, 4) is 0 Å². The van der Waals surface area contributed by atoms with Crippen molar-refractivity contribution < 1.29 is 24.2 Å². The van der Waals surface area contributed by atoms with E-state index in [2.05, 4.69) is 23.8 Å². The van der Waals surface area contributed by atoms with Gasteiger partial charge < -0.3 is 20.5 Å². The number of carbonyl (C=O) groups is 3. The van der Waals surface area contributed by atoms with E-state index < -0.39 is 18.1 Å². The van der Waals surface area contributed by atoms with Crippen LogP contribution in [0.3, 0.4) is 0 Å². The molecule has 0 aliphatic heterocycles. The van der Waals surface area contributed by atoms with Gasteiger partial charge in [0.1, 0.15) is 6.10 Å². The lowest BCUT2D eigenvalue weighted by Crippen LogP contribution is -2.42. The zero-order valence-electron chi connectivity index (χ0n) is 21.3. The molecule has 0 radical (unpaired) electrons. The second kappa shape index (κ2) is 16.9. The van der Waals surface area contributed by atoms with Crippen LogP contribution in [0.1, 0.15) is 49.3 Å². The number of aliphatic hydroxyl groups excluding tert-OH is 1. The average molecular weight is 507 g/mol. The van der Waals surface area contributed by atoms with Gasteiger partial charge in [-0.3, -0.25) is 14.4 Å². The molecule has 3 atom stereocenters. The third-order valence-electron chi connectivity index (χ3n) is 5.86. The molecule has 0 saturated heterocycles. The van der Waals surface area contributed by atoms with Gasteiger partial charge in [0, 0.05) is 12.8 Å². The second-order valence-corrected chi connectivity index (χ2v) is 8.88. The molecule has 0 aliphatic carbocycles. The van der Waals surface area contributed by atoms with Crippen molar-refractivity contribution in [2.24, 2.45) is 5.92 Å². The van der Waals surface area contributed by atoms with Gasteiger partial charge in [-0.25, -0.2) is 0 Å². The lowest BCUT2D eigenvalue weighted by molar-refractivity contribution is -0.150. The number of amides is 2. The number of aliphatic hydroxyl groups is 1. The molecular formula is C30H38N2O5. The van der Waals surface area contributed by atoms with Crippen molar-refractivity contribution in [3.05, 3.63) is 97.1 Å². The van der Waals surface area contributed by atoms with Gasteiger partial charge in [0.2, 0.25) is 11.8 Å². The minimum atomic E-state index is -0.649. The Morgan fingerprint density at radius 3 is 2.27 bits per heavy atom. The number of rotatable bonds is 17. The average Bonchev–Trinajstić information content (AvgIpc) is 2.91. The lowest BCUT2D eigenvalue weighted by atomic mass is 9.98. The minimum absolute atomic E-state index is 0.0551. The summed E-state index contributed by atoms with van der Waals surface area (Å²) in [6.07, 6.45) is 5.06. The molecule has 2 aromatic carbocycles. The highest BCUT2D eigenvalue weighted by Gasteiger charge is 2.24. The fourth-order valence-corrected chi connectivity index (χ4v) is 3.90. The first-order chi connectivity index (χ1) is 18.0. The van der Waals surface area contributed by atoms with Gasteiger partial charge in [-0.2, -0.15) is 0 Å². The molecule has 0 saturated carbocycles. The van der Waals surface area contributed by atoms with Gasteiger partial charge >= 0.3 is 5.97 Å². The highest BCUT2D eigenvalue weighted by atomic mass is 16.5. The van der Waals surface area contributed by atoms with Crippen molar-refractivity contribution in [3.63, 3.8) is 0 Å². The molecule has 3 N–H and O–H groups in total. The van der Waals surface area contributed by atoms with E-state index in [1.165, 1.54) is 0 Å². The molecule has 2 aromatic rings. The molecular weight excluding hydrogens is 468 g/mol. The minimum Gasteiger partial charge on any atom is -0.456 e. The van der Waals surface area contributed by atoms with Crippen LogP contribution in [0.15, 0.2) is 86.0 Å². The number of esters is 1. The molecule has 0 aliphatic rings. The number of ether oxygens (including phenoxy) is 1. The zero-order chi connectivity index (χ0) is 26.9. The third-order valence-corrected chi connectivity index (χ3v) is 5.86. The standard InChI is InChI=1S/C30H38N2O5/c1-3-5-8-18-29(35)37-27(24-16-11-7-12-17-24)21-31-30(36)25(13-4-2)20-28(34)32-26(22-33)19-23-14-9-6-10-15-23/h3-4,6-7,9-12,14-17,25-27,33H,1-2,5,8,13,18-22H2,(H,31,36)(H,32,34)/t25-,26+,27-/m1/s1. The zero-order valence-corrected chi connectivity index (χ0v) is 21.3. The van der Waals surface area contributed by atoms with Crippen LogP contribution in [0, 0.1) is 5.92 Å². The molecule has 7 heteroatoms. The molecule has 0 spiro atoms. The molecule has 0 bridgehead atoms. The van der Waals surface area contributed by atoms with E-state index in [0.717, 1.165) is 17.5 Å². The normalized spacial score (nSPS) is 13.0. The van der Waals surface area contributed by atoms with Crippen molar-refractivity contribution in [1.29, 1.82) is 0 Å². The van der Waals surface area contributed by atoms with Crippen LogP contribution in [0.2, 0.25) is 0 Å². The predicted octanol–water partition coefficient (Wildman–Crippen LogP) is 4.05. The predicted molar refractivity (Wildman–Crippen MR) is 144 cm³/mol. The molecule has 0 fully saturated rings. The summed E-state index contributed by atoms with van der Waals surface area (Å²) < 4.78 is 5.66. The Morgan fingerprint density at radius 1 is 0.973 bits per heavy atom. The van der Waals surface area contributed by atoms with Crippen LogP contribution in [-0.4, -0.2) is 42.1 Å². The van der Waals surface area contributed by atoms with Gasteiger partial charge in [-0.05, 0) is 36.8 Å². The number of benzene rings is 2. The van der Waals surface area contributed by atoms with Gasteiger partial charge in [0.25, 0.3) is 0 Å². The highest BCUT2D eigenvalue weighted by molar-refractivity contribution is 5.86. The Labute approximate surface area is 219 Å². The molecule has 198 valence electrons. The molecule has 2 amide bonds. The van der Waals surface area contributed by atoms with Crippen LogP contribution in [0.25, 0.3) is 0 Å². The first-order valence-electron chi connectivity index (χ1n) is 12.6. The van der Waals surface area contributed by atoms with Crippen LogP contribution in [0.5, 0.6) is 0 Å². The number of unbranched alkanes of at least 4 members (excludes halogenated alkanes) is 1. The molecule has 37 heavy (non-hydrogen) atoms. The maximum atomic E-state index is 13.0. The molecule has 0 aromatic heterocycles. The Balaban J connectivity index is 1.97. The SMILES string of the molecule is C=CCCCC(=O)O[C@H](CNC(=O)[C@H](CC=C)CC(=O)N[C@H](CO)Cc1ccccc1)c1ccccc1. The molecule has 2 rings (SSSR count). The van der Waals surface area contributed by atoms with Gasteiger partial charge in [0.05, 0.1) is 25.1 Å². The number of hydrogen-bond donors (Lipinski definition) is 3. The van der Waals surface area contributed by atoms with Crippen LogP contribution >= 0.6 is 0 Å². The van der Waals surface area contributed by atoms with Crippen LogP contribution in [0.4, 0.5) is 0 Å². The van der Waals surface area contributed by atoms with E-state index in [-0.39, 0.29) is 43.8 Å². The van der Waals surface area contributed by atoms with Crippen molar-refractivity contribution in [2.75, 3.05) is 13.2 Å². The first kappa shape index (κ1) is 29.5. The van der Waals surface area contributed by atoms with E-state index in [1.807, 2.05) is 60.7 Å². The number of nitrogens with one attached hydrogen (secondary N) is 2. The van der Waals surface area contributed by atoms with E-state index >= 15 is 0 Å². The summed E-state index contributed by atoms with van der Waals surface area (Å²) in [5.74, 6) is -1.65. The maximum Gasteiger partial charge on any atom is 0.306 e. The van der Waals surface area contributed by atoms with Crippen LogP contribution in [-0.2, 0) is 25.5 Å². The third kappa shape index (κ3) is 11.3. The van der Waals surface area contributed by atoms with Crippen molar-refractivity contribution in [2.45, 2.75) is 50.7 Å². The molecule has 7 nitrogen and oxygen atoms in total. The van der Waals surface area contributed by atoms with E-state index in [1.54, 1.807) is 12.2 Å². The summed E-state index contributed by atoms with van der Waals surface area (Å²) in [7, 11) is 0.